The van der Waals surface area contributed by atoms with Crippen LogP contribution >= 0.6 is 0 Å². The fourth-order valence-corrected chi connectivity index (χ4v) is 2.44. The Hall–Kier alpha value is -0.0400. The summed E-state index contributed by atoms with van der Waals surface area (Å²) in [5.41, 5.74) is 0. The Bertz CT molecular complexity index is 140. The van der Waals surface area contributed by atoms with Crippen LogP contribution in [0.1, 0.15) is 51.9 Å². The molecule has 0 aromatic carbocycles. The van der Waals surface area contributed by atoms with Gasteiger partial charge in [0.05, 0.1) is 0 Å². The fraction of sp³-hybridized carbons (Fsp3) is 1.00. The monoisotopic (exact) mass is 167 g/mol. The number of nitrogens with one attached hydrogen (secondary N) is 1. The van der Waals surface area contributed by atoms with Crippen LogP contribution in [0.3, 0.4) is 0 Å². The second-order valence-corrected chi connectivity index (χ2v) is 4.66. The molecular weight excluding hydrogens is 146 g/mol. The molecule has 0 unspecified atom stereocenters. The van der Waals surface area contributed by atoms with E-state index in [1.165, 1.54) is 44.9 Å². The molecule has 0 aromatic rings. The molecule has 0 spiro atoms. The standard InChI is InChI=1S/C11H21N/c1-9-5-2-3-8-11(9)12-10-6-4-7-10/h9-12H,2-8H2,1H3/t9-,11+/m1/s1. The molecule has 0 radical (unpaired) electrons. The van der Waals surface area contributed by atoms with Gasteiger partial charge in [0, 0.05) is 12.1 Å². The van der Waals surface area contributed by atoms with Gasteiger partial charge in [-0.1, -0.05) is 26.2 Å². The molecule has 2 atom stereocenters. The average Bonchev–Trinajstić information content (AvgIpc) is 2.00. The first kappa shape index (κ1) is 8.55. The molecule has 2 saturated carbocycles. The number of hydrogen-bond donors (Lipinski definition) is 1. The van der Waals surface area contributed by atoms with Crippen LogP contribution in [0.25, 0.3) is 0 Å². The molecule has 2 fully saturated rings. The third-order valence-corrected chi connectivity index (χ3v) is 3.67. The topological polar surface area (TPSA) is 12.0 Å². The highest BCUT2D eigenvalue weighted by Gasteiger charge is 2.26. The molecule has 2 rings (SSSR count). The molecule has 0 saturated heterocycles. The SMILES string of the molecule is C[C@@H]1CCCC[C@@H]1NC1CCC1. The maximum Gasteiger partial charge on any atom is 0.00952 e. The van der Waals surface area contributed by atoms with Crippen molar-refractivity contribution in [1.82, 2.24) is 5.32 Å². The van der Waals surface area contributed by atoms with Crippen LogP contribution in [-0.4, -0.2) is 12.1 Å². The summed E-state index contributed by atoms with van der Waals surface area (Å²) in [5, 5.41) is 3.81. The third kappa shape index (κ3) is 1.82. The summed E-state index contributed by atoms with van der Waals surface area (Å²) in [6.07, 6.45) is 10.1. The molecule has 1 heteroatoms. The lowest BCUT2D eigenvalue weighted by molar-refractivity contribution is 0.218. The van der Waals surface area contributed by atoms with Gasteiger partial charge in [0.15, 0.2) is 0 Å². The largest absolute Gasteiger partial charge is 0.311 e. The second-order valence-electron chi connectivity index (χ2n) is 4.66. The van der Waals surface area contributed by atoms with Gasteiger partial charge in [-0.3, -0.25) is 0 Å². The first-order valence-corrected chi connectivity index (χ1v) is 5.62. The van der Waals surface area contributed by atoms with Crippen molar-refractivity contribution in [1.29, 1.82) is 0 Å². The van der Waals surface area contributed by atoms with E-state index in [0.717, 1.165) is 18.0 Å². The van der Waals surface area contributed by atoms with E-state index in [4.69, 9.17) is 0 Å². The van der Waals surface area contributed by atoms with Crippen LogP contribution in [0.4, 0.5) is 0 Å². The quantitative estimate of drug-likeness (QED) is 0.667. The molecule has 1 nitrogen and oxygen atoms in total. The van der Waals surface area contributed by atoms with Gasteiger partial charge in [-0.05, 0) is 31.6 Å². The van der Waals surface area contributed by atoms with Crippen LogP contribution in [0.15, 0.2) is 0 Å². The Morgan fingerprint density at radius 3 is 2.25 bits per heavy atom. The summed E-state index contributed by atoms with van der Waals surface area (Å²) in [4.78, 5) is 0. The lowest BCUT2D eigenvalue weighted by Gasteiger charge is -2.36. The number of hydrogen-bond acceptors (Lipinski definition) is 1. The van der Waals surface area contributed by atoms with Crippen LogP contribution in [0, 0.1) is 5.92 Å². The molecule has 12 heavy (non-hydrogen) atoms. The van der Waals surface area contributed by atoms with Crippen LogP contribution in [0.5, 0.6) is 0 Å². The van der Waals surface area contributed by atoms with Crippen molar-refractivity contribution in [2.24, 2.45) is 5.92 Å². The Kier molecular flexibility index (Phi) is 2.69. The highest BCUT2D eigenvalue weighted by molar-refractivity contribution is 4.85. The zero-order valence-electron chi connectivity index (χ0n) is 8.18. The Morgan fingerprint density at radius 1 is 0.917 bits per heavy atom. The van der Waals surface area contributed by atoms with Gasteiger partial charge >= 0.3 is 0 Å². The van der Waals surface area contributed by atoms with Crippen molar-refractivity contribution in [3.8, 4) is 0 Å². The van der Waals surface area contributed by atoms with Crippen molar-refractivity contribution >= 4 is 0 Å². The third-order valence-electron chi connectivity index (χ3n) is 3.67. The fourth-order valence-electron chi connectivity index (χ4n) is 2.44. The van der Waals surface area contributed by atoms with E-state index < -0.39 is 0 Å². The highest BCUT2D eigenvalue weighted by atomic mass is 15.0. The molecule has 0 bridgehead atoms. The van der Waals surface area contributed by atoms with E-state index in [0.29, 0.717) is 0 Å². The number of rotatable bonds is 2. The predicted molar refractivity (Wildman–Crippen MR) is 52.2 cm³/mol. The lowest BCUT2D eigenvalue weighted by Crippen LogP contribution is -2.46. The molecule has 70 valence electrons. The van der Waals surface area contributed by atoms with E-state index in [1.54, 1.807) is 0 Å². The smallest absolute Gasteiger partial charge is 0.00952 e. The first-order chi connectivity index (χ1) is 5.86. The normalized spacial score (nSPS) is 37.8. The van der Waals surface area contributed by atoms with Gasteiger partial charge in [-0.2, -0.15) is 0 Å². The maximum atomic E-state index is 3.81. The minimum atomic E-state index is 0.851. The second kappa shape index (κ2) is 3.78. The van der Waals surface area contributed by atoms with Crippen molar-refractivity contribution in [3.63, 3.8) is 0 Å². The molecule has 0 heterocycles. The van der Waals surface area contributed by atoms with E-state index in [2.05, 4.69) is 12.2 Å². The summed E-state index contributed by atoms with van der Waals surface area (Å²) in [7, 11) is 0. The summed E-state index contributed by atoms with van der Waals surface area (Å²) in [6.45, 7) is 2.41. The van der Waals surface area contributed by atoms with Crippen LogP contribution in [-0.2, 0) is 0 Å². The molecule has 0 amide bonds. The van der Waals surface area contributed by atoms with Gasteiger partial charge < -0.3 is 5.32 Å². The molecule has 1 N–H and O–H groups in total. The van der Waals surface area contributed by atoms with Crippen molar-refractivity contribution in [2.45, 2.75) is 64.0 Å². The Balaban J connectivity index is 1.76. The van der Waals surface area contributed by atoms with Crippen molar-refractivity contribution in [3.05, 3.63) is 0 Å². The molecule has 0 aliphatic heterocycles. The van der Waals surface area contributed by atoms with Crippen molar-refractivity contribution in [2.75, 3.05) is 0 Å². The summed E-state index contributed by atoms with van der Waals surface area (Å²) < 4.78 is 0. The van der Waals surface area contributed by atoms with E-state index >= 15 is 0 Å². The van der Waals surface area contributed by atoms with Crippen molar-refractivity contribution < 1.29 is 0 Å². The van der Waals surface area contributed by atoms with Crippen LogP contribution in [0.2, 0.25) is 0 Å². The minimum absolute atomic E-state index is 0.851. The summed E-state index contributed by atoms with van der Waals surface area (Å²) in [6, 6.07) is 1.74. The zero-order chi connectivity index (χ0) is 8.39. The summed E-state index contributed by atoms with van der Waals surface area (Å²) >= 11 is 0. The molecule has 0 aromatic heterocycles. The maximum absolute atomic E-state index is 3.81. The van der Waals surface area contributed by atoms with Gasteiger partial charge in [0.2, 0.25) is 0 Å². The molecule has 2 aliphatic rings. The van der Waals surface area contributed by atoms with Gasteiger partial charge in [-0.25, -0.2) is 0 Å². The molecular formula is C11H21N. The zero-order valence-corrected chi connectivity index (χ0v) is 8.18. The van der Waals surface area contributed by atoms with Crippen LogP contribution < -0.4 is 5.32 Å². The Labute approximate surface area is 75.9 Å². The van der Waals surface area contributed by atoms with E-state index in [9.17, 15) is 0 Å². The molecule has 2 aliphatic carbocycles. The van der Waals surface area contributed by atoms with E-state index in [-0.39, 0.29) is 0 Å². The average molecular weight is 167 g/mol. The minimum Gasteiger partial charge on any atom is -0.311 e. The Morgan fingerprint density at radius 2 is 1.67 bits per heavy atom. The van der Waals surface area contributed by atoms with Gasteiger partial charge in [0.1, 0.15) is 0 Å². The highest BCUT2D eigenvalue weighted by Crippen LogP contribution is 2.27. The van der Waals surface area contributed by atoms with Gasteiger partial charge in [-0.15, -0.1) is 0 Å². The van der Waals surface area contributed by atoms with Gasteiger partial charge in [0.25, 0.3) is 0 Å². The summed E-state index contributed by atoms with van der Waals surface area (Å²) in [5.74, 6) is 0.930. The first-order valence-electron chi connectivity index (χ1n) is 5.62. The lowest BCUT2D eigenvalue weighted by atomic mass is 9.83. The van der Waals surface area contributed by atoms with E-state index in [1.807, 2.05) is 0 Å². The predicted octanol–water partition coefficient (Wildman–Crippen LogP) is 2.71.